The summed E-state index contributed by atoms with van der Waals surface area (Å²) in [5.41, 5.74) is 0. The van der Waals surface area contributed by atoms with Gasteiger partial charge in [0, 0.05) is 31.5 Å². The van der Waals surface area contributed by atoms with E-state index in [1.165, 1.54) is 0 Å². The van der Waals surface area contributed by atoms with Crippen molar-refractivity contribution in [3.8, 4) is 0 Å². The molecule has 1 atom stereocenters. The quantitative estimate of drug-likeness (QED) is 0.676. The topological polar surface area (TPSA) is 76.0 Å². The van der Waals surface area contributed by atoms with Crippen LogP contribution < -0.4 is 10.0 Å². The van der Waals surface area contributed by atoms with E-state index >= 15 is 0 Å². The summed E-state index contributed by atoms with van der Waals surface area (Å²) < 4.78 is 28.3. The van der Waals surface area contributed by atoms with E-state index in [1.54, 1.807) is 12.5 Å². The van der Waals surface area contributed by atoms with E-state index in [-0.39, 0.29) is 11.8 Å². The molecule has 0 aromatic carbocycles. The Balaban J connectivity index is 1.58. The van der Waals surface area contributed by atoms with Crippen molar-refractivity contribution >= 4 is 10.0 Å². The molecule has 1 aliphatic rings. The van der Waals surface area contributed by atoms with Crippen molar-refractivity contribution in [3.63, 3.8) is 0 Å². The molecule has 7 heteroatoms. The van der Waals surface area contributed by atoms with E-state index < -0.39 is 10.0 Å². The smallest absolute Gasteiger partial charge is 0.213 e. The van der Waals surface area contributed by atoms with Crippen molar-refractivity contribution in [2.24, 2.45) is 0 Å². The Hall–Kier alpha value is -0.920. The summed E-state index contributed by atoms with van der Waals surface area (Å²) in [7, 11) is -3.13. The van der Waals surface area contributed by atoms with Gasteiger partial charge in [0.1, 0.15) is 0 Å². The first-order valence-electron chi connectivity index (χ1n) is 6.82. The summed E-state index contributed by atoms with van der Waals surface area (Å²) in [6, 6.07) is 0.128. The fourth-order valence-corrected chi connectivity index (χ4v) is 3.68. The second-order valence-electron chi connectivity index (χ2n) is 4.98. The second kappa shape index (κ2) is 7.02. The average Bonchev–Trinajstić information content (AvgIpc) is 3.00. The molecule has 0 spiro atoms. The van der Waals surface area contributed by atoms with Gasteiger partial charge in [-0.1, -0.05) is 0 Å². The molecule has 19 heavy (non-hydrogen) atoms. The molecule has 1 saturated heterocycles. The molecule has 0 amide bonds. The van der Waals surface area contributed by atoms with E-state index in [9.17, 15) is 8.42 Å². The third kappa shape index (κ3) is 5.30. The first kappa shape index (κ1) is 14.5. The lowest BCUT2D eigenvalue weighted by atomic mass is 10.3. The molecule has 2 heterocycles. The molecule has 1 aliphatic heterocycles. The van der Waals surface area contributed by atoms with Crippen LogP contribution in [0.3, 0.4) is 0 Å². The number of aryl methyl sites for hydroxylation is 1. The van der Waals surface area contributed by atoms with Crippen LogP contribution in [0.25, 0.3) is 0 Å². The number of nitrogens with zero attached hydrogens (tertiary/aromatic N) is 2. The highest BCUT2D eigenvalue weighted by molar-refractivity contribution is 7.89. The monoisotopic (exact) mass is 286 g/mol. The first-order chi connectivity index (χ1) is 9.16. The van der Waals surface area contributed by atoms with Gasteiger partial charge in [-0.15, -0.1) is 0 Å². The van der Waals surface area contributed by atoms with Crippen LogP contribution >= 0.6 is 0 Å². The molecule has 108 valence electrons. The zero-order chi connectivity index (χ0) is 13.6. The maximum Gasteiger partial charge on any atom is 0.213 e. The van der Waals surface area contributed by atoms with Gasteiger partial charge in [0.15, 0.2) is 0 Å². The molecule has 6 nitrogen and oxygen atoms in total. The number of nitrogens with one attached hydrogen (secondary N) is 2. The van der Waals surface area contributed by atoms with Gasteiger partial charge in [-0.25, -0.2) is 18.1 Å². The predicted octanol–water partition coefficient (Wildman–Crippen LogP) is 0.335. The van der Waals surface area contributed by atoms with E-state index in [0.717, 1.165) is 38.8 Å². The Labute approximate surface area is 114 Å². The second-order valence-corrected chi connectivity index (χ2v) is 6.83. The van der Waals surface area contributed by atoms with Gasteiger partial charge in [0.05, 0.1) is 12.1 Å². The summed E-state index contributed by atoms with van der Waals surface area (Å²) in [5, 5.41) is 3.20. The van der Waals surface area contributed by atoms with Crippen LogP contribution in [0.1, 0.15) is 25.7 Å². The molecule has 2 rings (SSSR count). The molecule has 0 bridgehead atoms. The summed E-state index contributed by atoms with van der Waals surface area (Å²) in [5.74, 6) is 0.203. The van der Waals surface area contributed by atoms with Crippen molar-refractivity contribution in [2.75, 3.05) is 18.8 Å². The van der Waals surface area contributed by atoms with Crippen molar-refractivity contribution in [2.45, 2.75) is 38.3 Å². The van der Waals surface area contributed by atoms with Crippen LogP contribution in [-0.2, 0) is 16.6 Å². The Kier molecular flexibility index (Phi) is 5.35. The van der Waals surface area contributed by atoms with Gasteiger partial charge >= 0.3 is 0 Å². The summed E-state index contributed by atoms with van der Waals surface area (Å²) in [4.78, 5) is 3.96. The number of aromatic nitrogens is 2. The normalized spacial score (nSPS) is 19.9. The molecule has 1 unspecified atom stereocenters. The highest BCUT2D eigenvalue weighted by atomic mass is 32.2. The fourth-order valence-electron chi connectivity index (χ4n) is 2.29. The minimum atomic E-state index is -3.13. The number of unbranched alkanes of at least 4 members (excludes halogenated alkanes) is 1. The van der Waals surface area contributed by atoms with E-state index in [2.05, 4.69) is 15.0 Å². The first-order valence-corrected chi connectivity index (χ1v) is 8.47. The van der Waals surface area contributed by atoms with Crippen molar-refractivity contribution < 1.29 is 8.42 Å². The summed E-state index contributed by atoms with van der Waals surface area (Å²) in [6.07, 6.45) is 9.26. The zero-order valence-electron chi connectivity index (χ0n) is 11.1. The Morgan fingerprint density at radius 2 is 2.32 bits per heavy atom. The molecule has 2 N–H and O–H groups in total. The van der Waals surface area contributed by atoms with Crippen LogP contribution in [0.15, 0.2) is 18.7 Å². The maximum atomic E-state index is 11.8. The third-order valence-corrected chi connectivity index (χ3v) is 4.79. The number of hydrogen-bond donors (Lipinski definition) is 2. The minimum absolute atomic E-state index is 0.128. The molecule has 0 aliphatic carbocycles. The molecule has 0 radical (unpaired) electrons. The standard InChI is InChI=1S/C12H22N4O2S/c17-19(18,10-12-4-3-5-14-12)15-6-1-2-8-16-9-7-13-11-16/h7,9,11-12,14-15H,1-6,8,10H2. The minimum Gasteiger partial charge on any atom is -0.337 e. The maximum absolute atomic E-state index is 11.8. The molecule has 1 aromatic rings. The van der Waals surface area contributed by atoms with Crippen LogP contribution in [0.2, 0.25) is 0 Å². The lowest BCUT2D eigenvalue weighted by molar-refractivity contribution is 0.553. The van der Waals surface area contributed by atoms with Gasteiger partial charge in [-0.3, -0.25) is 0 Å². The highest BCUT2D eigenvalue weighted by Gasteiger charge is 2.21. The van der Waals surface area contributed by atoms with E-state index in [4.69, 9.17) is 0 Å². The number of rotatable bonds is 8. The lowest BCUT2D eigenvalue weighted by Gasteiger charge is -2.11. The van der Waals surface area contributed by atoms with Crippen LogP contribution in [-0.4, -0.2) is 42.9 Å². The Morgan fingerprint density at radius 1 is 1.42 bits per heavy atom. The SMILES string of the molecule is O=S(=O)(CC1CCCN1)NCCCCn1ccnc1. The van der Waals surface area contributed by atoms with Gasteiger partial charge in [-0.05, 0) is 32.2 Å². The van der Waals surface area contributed by atoms with Gasteiger partial charge in [0.2, 0.25) is 10.0 Å². The van der Waals surface area contributed by atoms with Crippen molar-refractivity contribution in [3.05, 3.63) is 18.7 Å². The number of imidazole rings is 1. The predicted molar refractivity (Wildman–Crippen MR) is 74.3 cm³/mol. The summed E-state index contributed by atoms with van der Waals surface area (Å²) >= 11 is 0. The van der Waals surface area contributed by atoms with Crippen LogP contribution in [0.5, 0.6) is 0 Å². The molecule has 0 saturated carbocycles. The molecular weight excluding hydrogens is 264 g/mol. The molecule has 1 aromatic heterocycles. The lowest BCUT2D eigenvalue weighted by Crippen LogP contribution is -2.37. The Morgan fingerprint density at radius 3 is 3.00 bits per heavy atom. The molecular formula is C12H22N4O2S. The van der Waals surface area contributed by atoms with Crippen molar-refractivity contribution in [1.29, 1.82) is 0 Å². The Bertz CT molecular complexity index is 452. The molecule has 1 fully saturated rings. The van der Waals surface area contributed by atoms with Gasteiger partial charge in [-0.2, -0.15) is 0 Å². The largest absolute Gasteiger partial charge is 0.337 e. The summed E-state index contributed by atoms with van der Waals surface area (Å²) in [6.45, 7) is 2.33. The number of hydrogen-bond acceptors (Lipinski definition) is 4. The zero-order valence-corrected chi connectivity index (χ0v) is 11.9. The van der Waals surface area contributed by atoms with Crippen LogP contribution in [0, 0.1) is 0 Å². The highest BCUT2D eigenvalue weighted by Crippen LogP contribution is 2.07. The van der Waals surface area contributed by atoms with Crippen molar-refractivity contribution in [1.82, 2.24) is 19.6 Å². The van der Waals surface area contributed by atoms with Gasteiger partial charge in [0.25, 0.3) is 0 Å². The average molecular weight is 286 g/mol. The van der Waals surface area contributed by atoms with Gasteiger partial charge < -0.3 is 9.88 Å². The van der Waals surface area contributed by atoms with E-state index in [1.807, 2.05) is 10.8 Å². The van der Waals surface area contributed by atoms with Crippen LogP contribution in [0.4, 0.5) is 0 Å². The fraction of sp³-hybridized carbons (Fsp3) is 0.750. The van der Waals surface area contributed by atoms with E-state index in [0.29, 0.717) is 6.54 Å². The number of sulfonamides is 1. The third-order valence-electron chi connectivity index (χ3n) is 3.31.